The summed E-state index contributed by atoms with van der Waals surface area (Å²) in [6, 6.07) is 2.95. The number of hydrogen-bond acceptors (Lipinski definition) is 3. The van der Waals surface area contributed by atoms with Crippen LogP contribution in [0.1, 0.15) is 0 Å². The van der Waals surface area contributed by atoms with E-state index in [1.54, 1.807) is 0 Å². The van der Waals surface area contributed by atoms with Crippen LogP contribution in [0.2, 0.25) is 0 Å². The molecule has 0 heterocycles. The molecule has 1 aromatic rings. The van der Waals surface area contributed by atoms with Gasteiger partial charge >= 0.3 is 0 Å². The molecule has 0 unspecified atom stereocenters. The minimum absolute atomic E-state index is 0.814. The first-order valence-electron chi connectivity index (χ1n) is 2.83. The van der Waals surface area contributed by atoms with Crippen LogP contribution in [-0.2, 0) is 0 Å². The normalized spacial score (nSPS) is 9.55. The number of hydrogen-bond donors (Lipinski definition) is 2. The summed E-state index contributed by atoms with van der Waals surface area (Å²) in [5.41, 5.74) is -0.814. The predicted molar refractivity (Wildman–Crippen MR) is 36.0 cm³/mol. The third-order valence-electron chi connectivity index (χ3n) is 1.17. The van der Waals surface area contributed by atoms with E-state index in [0.29, 0.717) is 0 Å². The molecule has 0 bridgehead atoms. The average Bonchev–Trinajstić information content (AvgIpc) is 2.07. The Hall–Kier alpha value is -1.58. The molecule has 0 fully saturated rings. The summed E-state index contributed by atoms with van der Waals surface area (Å²) in [4.78, 5) is 10.6. The van der Waals surface area contributed by atoms with Crippen molar-refractivity contribution in [3.05, 3.63) is 34.2 Å². The monoisotopic (exact) mass is 156 g/mol. The van der Waals surface area contributed by atoms with Gasteiger partial charge in [-0.1, -0.05) is 6.07 Å². The zero-order valence-corrected chi connectivity index (χ0v) is 5.41. The lowest BCUT2D eigenvalue weighted by Crippen LogP contribution is -1.92. The van der Waals surface area contributed by atoms with E-state index in [2.05, 4.69) is 0 Å². The van der Waals surface area contributed by atoms with Crippen molar-refractivity contribution in [1.82, 2.24) is 0 Å². The van der Waals surface area contributed by atoms with Gasteiger partial charge in [0, 0.05) is 0 Å². The lowest BCUT2D eigenvalue weighted by Gasteiger charge is -1.88. The van der Waals surface area contributed by atoms with Crippen molar-refractivity contribution in [3.63, 3.8) is 0 Å². The number of rotatable bonds is 0. The summed E-state index contributed by atoms with van der Waals surface area (Å²) < 4.78 is 12.5. The molecule has 1 rings (SSSR count). The van der Waals surface area contributed by atoms with Gasteiger partial charge in [0.05, 0.1) is 0 Å². The SMILES string of the molecule is O=c1cccc(F)c(O)c1O. The Morgan fingerprint density at radius 3 is 2.45 bits per heavy atom. The quantitative estimate of drug-likeness (QED) is 0.578. The Bertz CT molecular complexity index is 335. The second-order valence-corrected chi connectivity index (χ2v) is 1.94. The van der Waals surface area contributed by atoms with Crippen LogP contribution in [0.25, 0.3) is 0 Å². The van der Waals surface area contributed by atoms with Gasteiger partial charge in [-0.25, -0.2) is 4.39 Å². The highest BCUT2D eigenvalue weighted by molar-refractivity contribution is 5.36. The maximum absolute atomic E-state index is 12.5. The minimum atomic E-state index is -1.02. The van der Waals surface area contributed by atoms with Gasteiger partial charge in [0.25, 0.3) is 0 Å². The van der Waals surface area contributed by atoms with Crippen molar-refractivity contribution >= 4 is 0 Å². The summed E-state index contributed by atoms with van der Waals surface area (Å²) in [5, 5.41) is 17.5. The topological polar surface area (TPSA) is 57.5 Å². The lowest BCUT2D eigenvalue weighted by atomic mass is 10.4. The van der Waals surface area contributed by atoms with E-state index in [0.717, 1.165) is 18.2 Å². The highest BCUT2D eigenvalue weighted by Gasteiger charge is 2.05. The molecular formula is C7H5FO3. The smallest absolute Gasteiger partial charge is 0.224 e. The van der Waals surface area contributed by atoms with Crippen LogP contribution in [-0.4, -0.2) is 10.2 Å². The Kier molecular flexibility index (Phi) is 1.76. The largest absolute Gasteiger partial charge is 0.502 e. The van der Waals surface area contributed by atoms with Gasteiger partial charge in [-0.15, -0.1) is 0 Å². The van der Waals surface area contributed by atoms with Crippen molar-refractivity contribution in [2.75, 3.05) is 0 Å². The number of halogens is 1. The molecule has 0 spiro atoms. The van der Waals surface area contributed by atoms with Crippen molar-refractivity contribution in [1.29, 1.82) is 0 Å². The van der Waals surface area contributed by atoms with E-state index in [1.807, 2.05) is 0 Å². The van der Waals surface area contributed by atoms with Crippen LogP contribution in [0.4, 0.5) is 4.39 Å². The standard InChI is InChI=1S/C7H5FO3/c8-4-2-1-3-5(9)7(11)6(4)10/h1-3H,(H2,9,10,11). The van der Waals surface area contributed by atoms with Crippen molar-refractivity contribution in [3.8, 4) is 11.5 Å². The number of aromatic hydroxyl groups is 2. The Morgan fingerprint density at radius 2 is 1.82 bits per heavy atom. The second-order valence-electron chi connectivity index (χ2n) is 1.94. The second kappa shape index (κ2) is 2.57. The molecule has 0 amide bonds. The van der Waals surface area contributed by atoms with E-state index in [1.165, 1.54) is 0 Å². The van der Waals surface area contributed by atoms with Gasteiger partial charge < -0.3 is 10.2 Å². The highest BCUT2D eigenvalue weighted by Crippen LogP contribution is 2.21. The molecule has 0 aliphatic rings. The van der Waals surface area contributed by atoms with Crippen molar-refractivity contribution in [2.24, 2.45) is 0 Å². The summed E-state index contributed by atoms with van der Waals surface area (Å²) >= 11 is 0. The fourth-order valence-corrected chi connectivity index (χ4v) is 0.608. The molecule has 0 radical (unpaired) electrons. The Balaban J connectivity index is 3.62. The van der Waals surface area contributed by atoms with Crippen molar-refractivity contribution < 1.29 is 14.6 Å². The van der Waals surface area contributed by atoms with E-state index >= 15 is 0 Å². The van der Waals surface area contributed by atoms with Gasteiger partial charge in [0.1, 0.15) is 0 Å². The fraction of sp³-hybridized carbons (Fsp3) is 0. The Morgan fingerprint density at radius 1 is 1.18 bits per heavy atom. The van der Waals surface area contributed by atoms with Crippen LogP contribution >= 0.6 is 0 Å². The average molecular weight is 156 g/mol. The molecular weight excluding hydrogens is 151 g/mol. The molecule has 0 saturated heterocycles. The summed E-state index contributed by atoms with van der Waals surface area (Å²) in [7, 11) is 0. The van der Waals surface area contributed by atoms with Crippen LogP contribution in [0.5, 0.6) is 11.5 Å². The van der Waals surface area contributed by atoms with E-state index < -0.39 is 22.7 Å². The third kappa shape index (κ3) is 1.29. The summed E-state index contributed by atoms with van der Waals surface area (Å²) in [6.45, 7) is 0. The van der Waals surface area contributed by atoms with Crippen LogP contribution in [0.15, 0.2) is 23.0 Å². The van der Waals surface area contributed by atoms with E-state index in [9.17, 15) is 9.18 Å². The molecule has 11 heavy (non-hydrogen) atoms. The van der Waals surface area contributed by atoms with Crippen LogP contribution in [0.3, 0.4) is 0 Å². The first kappa shape index (κ1) is 7.53. The first-order valence-corrected chi connectivity index (χ1v) is 2.83. The van der Waals surface area contributed by atoms with Crippen LogP contribution in [0, 0.1) is 5.82 Å². The summed E-state index contributed by atoms with van der Waals surface area (Å²) in [6.07, 6.45) is 0. The zero-order chi connectivity index (χ0) is 8.43. The van der Waals surface area contributed by atoms with E-state index in [4.69, 9.17) is 10.2 Å². The Labute approximate surface area is 61.4 Å². The molecule has 0 aliphatic heterocycles. The molecule has 2 N–H and O–H groups in total. The first-order chi connectivity index (χ1) is 5.13. The van der Waals surface area contributed by atoms with Gasteiger partial charge in [0.2, 0.25) is 11.2 Å². The fourth-order valence-electron chi connectivity index (χ4n) is 0.608. The third-order valence-corrected chi connectivity index (χ3v) is 1.17. The molecule has 4 heteroatoms. The van der Waals surface area contributed by atoms with Gasteiger partial charge in [-0.05, 0) is 12.1 Å². The lowest BCUT2D eigenvalue weighted by molar-refractivity contribution is 0.379. The highest BCUT2D eigenvalue weighted by atomic mass is 19.1. The molecule has 0 saturated carbocycles. The maximum Gasteiger partial charge on any atom is 0.224 e. The molecule has 0 atom stereocenters. The minimum Gasteiger partial charge on any atom is -0.502 e. The van der Waals surface area contributed by atoms with E-state index in [-0.39, 0.29) is 0 Å². The van der Waals surface area contributed by atoms with Gasteiger partial charge in [-0.3, -0.25) is 4.79 Å². The maximum atomic E-state index is 12.5. The molecule has 58 valence electrons. The summed E-state index contributed by atoms with van der Waals surface area (Å²) in [5.74, 6) is -3.00. The molecule has 0 aliphatic carbocycles. The van der Waals surface area contributed by atoms with Gasteiger partial charge in [-0.2, -0.15) is 0 Å². The molecule has 1 aromatic carbocycles. The van der Waals surface area contributed by atoms with Crippen molar-refractivity contribution in [2.45, 2.75) is 0 Å². The molecule has 3 nitrogen and oxygen atoms in total. The van der Waals surface area contributed by atoms with Crippen LogP contribution < -0.4 is 5.43 Å². The zero-order valence-electron chi connectivity index (χ0n) is 5.41. The van der Waals surface area contributed by atoms with Gasteiger partial charge in [0.15, 0.2) is 11.6 Å². The predicted octanol–water partition coefficient (Wildman–Crippen LogP) is 0.597. The molecule has 0 aromatic heterocycles.